The molecule has 0 amide bonds. The van der Waals surface area contributed by atoms with Crippen molar-refractivity contribution in [1.82, 2.24) is 0 Å². The van der Waals surface area contributed by atoms with Crippen LogP contribution in [0.15, 0.2) is 11.6 Å². The number of alkyl halides is 1. The van der Waals surface area contributed by atoms with Crippen molar-refractivity contribution >= 4 is 15.9 Å². The second-order valence-electron chi connectivity index (χ2n) is 3.11. The predicted molar refractivity (Wildman–Crippen MR) is 57.8 cm³/mol. The van der Waals surface area contributed by atoms with E-state index in [4.69, 9.17) is 4.74 Å². The first-order valence-electron chi connectivity index (χ1n) is 4.44. The fraction of sp³-hybridized carbons (Fsp3) is 0.800. The van der Waals surface area contributed by atoms with E-state index in [1.165, 1.54) is 5.57 Å². The summed E-state index contributed by atoms with van der Waals surface area (Å²) in [7, 11) is 1.75. The molecule has 12 heavy (non-hydrogen) atoms. The molecule has 0 aromatic rings. The first-order valence-corrected chi connectivity index (χ1v) is 5.56. The lowest BCUT2D eigenvalue weighted by Gasteiger charge is -2.10. The Kier molecular flexibility index (Phi) is 7.93. The molecule has 2 heteroatoms. The summed E-state index contributed by atoms with van der Waals surface area (Å²) in [6, 6.07) is 0. The predicted octanol–water partition coefficient (Wildman–Crippen LogP) is 3.39. The number of ether oxygens (including phenoxy) is 1. The lowest BCUT2D eigenvalue weighted by Crippen LogP contribution is -2.01. The molecular formula is C10H19BrO. The van der Waals surface area contributed by atoms with Crippen molar-refractivity contribution < 1.29 is 4.74 Å². The van der Waals surface area contributed by atoms with Crippen LogP contribution < -0.4 is 0 Å². The van der Waals surface area contributed by atoms with Crippen LogP contribution in [0.3, 0.4) is 0 Å². The molecule has 0 heterocycles. The Hall–Kier alpha value is 0.180. The van der Waals surface area contributed by atoms with Gasteiger partial charge in [0.25, 0.3) is 0 Å². The molecule has 1 atom stereocenters. The van der Waals surface area contributed by atoms with Gasteiger partial charge >= 0.3 is 0 Å². The maximum absolute atomic E-state index is 5.03. The monoisotopic (exact) mass is 234 g/mol. The van der Waals surface area contributed by atoms with Gasteiger partial charge in [0.1, 0.15) is 0 Å². The zero-order valence-electron chi connectivity index (χ0n) is 8.27. The van der Waals surface area contributed by atoms with E-state index in [1.54, 1.807) is 7.11 Å². The van der Waals surface area contributed by atoms with Crippen molar-refractivity contribution in [1.29, 1.82) is 0 Å². The SMILES string of the molecule is COCCC(C)C(C)=CCCBr. The van der Waals surface area contributed by atoms with Crippen molar-refractivity contribution in [3.05, 3.63) is 11.6 Å². The minimum absolute atomic E-state index is 0.656. The Morgan fingerprint density at radius 1 is 1.58 bits per heavy atom. The fourth-order valence-electron chi connectivity index (χ4n) is 1.01. The highest BCUT2D eigenvalue weighted by Crippen LogP contribution is 2.14. The molecule has 0 saturated carbocycles. The molecule has 72 valence electrons. The van der Waals surface area contributed by atoms with E-state index in [9.17, 15) is 0 Å². The zero-order chi connectivity index (χ0) is 9.40. The number of hydrogen-bond donors (Lipinski definition) is 0. The minimum Gasteiger partial charge on any atom is -0.385 e. The second-order valence-corrected chi connectivity index (χ2v) is 3.90. The Bertz CT molecular complexity index is 132. The average Bonchev–Trinajstić information content (AvgIpc) is 2.10. The molecule has 0 aliphatic rings. The summed E-state index contributed by atoms with van der Waals surface area (Å²) in [4.78, 5) is 0. The second kappa shape index (κ2) is 7.81. The molecule has 0 radical (unpaired) electrons. The van der Waals surface area contributed by atoms with Gasteiger partial charge < -0.3 is 4.74 Å². The molecule has 0 aromatic carbocycles. The molecule has 0 aliphatic carbocycles. The number of rotatable bonds is 6. The van der Waals surface area contributed by atoms with E-state index in [0.717, 1.165) is 24.8 Å². The van der Waals surface area contributed by atoms with Gasteiger partial charge in [-0.3, -0.25) is 0 Å². The maximum Gasteiger partial charge on any atom is 0.0467 e. The summed E-state index contributed by atoms with van der Waals surface area (Å²) >= 11 is 3.41. The quantitative estimate of drug-likeness (QED) is 0.506. The van der Waals surface area contributed by atoms with Crippen molar-refractivity contribution in [2.75, 3.05) is 19.0 Å². The maximum atomic E-state index is 5.03. The molecule has 0 fully saturated rings. The smallest absolute Gasteiger partial charge is 0.0467 e. The molecule has 0 aromatic heterocycles. The van der Waals surface area contributed by atoms with Gasteiger partial charge in [-0.05, 0) is 25.7 Å². The van der Waals surface area contributed by atoms with Crippen molar-refractivity contribution in [2.24, 2.45) is 5.92 Å². The van der Waals surface area contributed by atoms with Crippen LogP contribution in [0.1, 0.15) is 26.7 Å². The molecule has 0 N–H and O–H groups in total. The summed E-state index contributed by atoms with van der Waals surface area (Å²) in [6.45, 7) is 5.31. The third kappa shape index (κ3) is 5.78. The van der Waals surface area contributed by atoms with Gasteiger partial charge in [-0.15, -0.1) is 0 Å². The molecule has 0 saturated heterocycles. The van der Waals surface area contributed by atoms with Crippen LogP contribution >= 0.6 is 15.9 Å². The van der Waals surface area contributed by atoms with E-state index in [2.05, 4.69) is 35.9 Å². The molecule has 0 aliphatic heterocycles. The van der Waals surface area contributed by atoms with Crippen LogP contribution in [0.2, 0.25) is 0 Å². The Labute approximate surface area is 84.3 Å². The van der Waals surface area contributed by atoms with Crippen LogP contribution in [0, 0.1) is 5.92 Å². The van der Waals surface area contributed by atoms with E-state index in [-0.39, 0.29) is 0 Å². The zero-order valence-corrected chi connectivity index (χ0v) is 9.86. The highest BCUT2D eigenvalue weighted by atomic mass is 79.9. The van der Waals surface area contributed by atoms with Crippen LogP contribution in [0.5, 0.6) is 0 Å². The van der Waals surface area contributed by atoms with Gasteiger partial charge in [0.15, 0.2) is 0 Å². The summed E-state index contributed by atoms with van der Waals surface area (Å²) in [5, 5.41) is 1.06. The van der Waals surface area contributed by atoms with Crippen LogP contribution in [0.25, 0.3) is 0 Å². The van der Waals surface area contributed by atoms with Gasteiger partial charge in [0.2, 0.25) is 0 Å². The number of methoxy groups -OCH3 is 1. The van der Waals surface area contributed by atoms with Gasteiger partial charge in [0.05, 0.1) is 0 Å². The molecule has 1 nitrogen and oxygen atoms in total. The number of halogens is 1. The van der Waals surface area contributed by atoms with E-state index < -0.39 is 0 Å². The lowest BCUT2D eigenvalue weighted by molar-refractivity contribution is 0.185. The van der Waals surface area contributed by atoms with Crippen molar-refractivity contribution in [2.45, 2.75) is 26.7 Å². The first-order chi connectivity index (χ1) is 5.72. The number of allylic oxidation sites excluding steroid dienone is 2. The Morgan fingerprint density at radius 3 is 2.75 bits per heavy atom. The van der Waals surface area contributed by atoms with Crippen LogP contribution in [-0.4, -0.2) is 19.0 Å². The normalized spacial score (nSPS) is 14.8. The van der Waals surface area contributed by atoms with Gasteiger partial charge in [-0.25, -0.2) is 0 Å². The lowest BCUT2D eigenvalue weighted by atomic mass is 9.99. The third-order valence-corrected chi connectivity index (χ3v) is 2.57. The third-order valence-electron chi connectivity index (χ3n) is 2.11. The van der Waals surface area contributed by atoms with E-state index in [1.807, 2.05) is 0 Å². The summed E-state index contributed by atoms with van der Waals surface area (Å²) in [5.74, 6) is 0.656. The summed E-state index contributed by atoms with van der Waals surface area (Å²) in [5.41, 5.74) is 1.48. The first kappa shape index (κ1) is 12.2. The van der Waals surface area contributed by atoms with E-state index in [0.29, 0.717) is 5.92 Å². The molecule has 0 bridgehead atoms. The van der Waals surface area contributed by atoms with Gasteiger partial charge in [0, 0.05) is 19.0 Å². The molecule has 0 spiro atoms. The van der Waals surface area contributed by atoms with Crippen LogP contribution in [-0.2, 0) is 4.74 Å². The van der Waals surface area contributed by atoms with Crippen molar-refractivity contribution in [3.8, 4) is 0 Å². The van der Waals surface area contributed by atoms with Gasteiger partial charge in [-0.1, -0.05) is 34.5 Å². The summed E-state index contributed by atoms with van der Waals surface area (Å²) < 4.78 is 5.03. The molecule has 1 unspecified atom stereocenters. The van der Waals surface area contributed by atoms with Gasteiger partial charge in [-0.2, -0.15) is 0 Å². The Morgan fingerprint density at radius 2 is 2.25 bits per heavy atom. The van der Waals surface area contributed by atoms with Crippen LogP contribution in [0.4, 0.5) is 0 Å². The molecular weight excluding hydrogens is 216 g/mol. The summed E-state index contributed by atoms with van der Waals surface area (Å²) in [6.07, 6.45) is 4.55. The fourth-order valence-corrected chi connectivity index (χ4v) is 1.23. The highest BCUT2D eigenvalue weighted by Gasteiger charge is 2.02. The average molecular weight is 235 g/mol. The van der Waals surface area contributed by atoms with Crippen molar-refractivity contribution in [3.63, 3.8) is 0 Å². The number of hydrogen-bond acceptors (Lipinski definition) is 1. The largest absolute Gasteiger partial charge is 0.385 e. The minimum atomic E-state index is 0.656. The highest BCUT2D eigenvalue weighted by molar-refractivity contribution is 9.09. The topological polar surface area (TPSA) is 9.23 Å². The Balaban J connectivity index is 3.66. The van der Waals surface area contributed by atoms with E-state index >= 15 is 0 Å². The molecule has 0 rings (SSSR count). The standard InChI is InChI=1S/C10H19BrO/c1-9(5-4-7-11)10(2)6-8-12-3/h5,10H,4,6-8H2,1-3H3.